The Morgan fingerprint density at radius 3 is 2.39 bits per heavy atom. The SMILES string of the molecule is Cc1ccc(OCCN(C)C(C)C(=O)N2CCCCCC2)cc1. The van der Waals surface area contributed by atoms with E-state index in [1.54, 1.807) is 0 Å². The minimum Gasteiger partial charge on any atom is -0.492 e. The predicted molar refractivity (Wildman–Crippen MR) is 93.8 cm³/mol. The Hall–Kier alpha value is -1.55. The minimum atomic E-state index is -0.0882. The molecule has 0 aromatic heterocycles. The van der Waals surface area contributed by atoms with Crippen LogP contribution in [0.15, 0.2) is 24.3 Å². The maximum atomic E-state index is 12.6. The summed E-state index contributed by atoms with van der Waals surface area (Å²) in [5.41, 5.74) is 1.23. The number of nitrogens with zero attached hydrogens (tertiary/aromatic N) is 2. The lowest BCUT2D eigenvalue weighted by Crippen LogP contribution is -2.47. The third-order valence-electron chi connectivity index (χ3n) is 4.67. The molecule has 1 aliphatic rings. The van der Waals surface area contributed by atoms with Crippen molar-refractivity contribution < 1.29 is 9.53 Å². The summed E-state index contributed by atoms with van der Waals surface area (Å²) in [4.78, 5) is 16.7. The first-order valence-electron chi connectivity index (χ1n) is 8.76. The number of likely N-dealkylation sites (N-methyl/N-ethyl adjacent to an activating group) is 1. The molecule has 1 aromatic carbocycles. The quantitative estimate of drug-likeness (QED) is 0.808. The normalized spacial score (nSPS) is 17.0. The van der Waals surface area contributed by atoms with E-state index in [0.29, 0.717) is 6.61 Å². The molecule has 128 valence electrons. The molecule has 0 N–H and O–H groups in total. The van der Waals surface area contributed by atoms with Gasteiger partial charge in [-0.2, -0.15) is 0 Å². The summed E-state index contributed by atoms with van der Waals surface area (Å²) >= 11 is 0. The monoisotopic (exact) mass is 318 g/mol. The fourth-order valence-electron chi connectivity index (χ4n) is 2.88. The standard InChI is InChI=1S/C19H30N2O2/c1-16-8-10-18(11-9-16)23-15-14-20(3)17(2)19(22)21-12-6-4-5-7-13-21/h8-11,17H,4-7,12-15H2,1-3H3. The highest BCUT2D eigenvalue weighted by Crippen LogP contribution is 2.13. The molecule has 0 saturated carbocycles. The van der Waals surface area contributed by atoms with Gasteiger partial charge >= 0.3 is 0 Å². The van der Waals surface area contributed by atoms with E-state index in [4.69, 9.17) is 4.74 Å². The lowest BCUT2D eigenvalue weighted by Gasteiger charge is -2.29. The summed E-state index contributed by atoms with van der Waals surface area (Å²) in [6, 6.07) is 7.98. The van der Waals surface area contributed by atoms with Crippen molar-refractivity contribution in [2.75, 3.05) is 33.3 Å². The molecule has 0 aliphatic carbocycles. The summed E-state index contributed by atoms with van der Waals surface area (Å²) < 4.78 is 5.76. The number of hydrogen-bond donors (Lipinski definition) is 0. The van der Waals surface area contributed by atoms with Crippen LogP contribution in [0.1, 0.15) is 38.2 Å². The summed E-state index contributed by atoms with van der Waals surface area (Å²) in [5, 5.41) is 0. The van der Waals surface area contributed by atoms with E-state index >= 15 is 0 Å². The van der Waals surface area contributed by atoms with Crippen LogP contribution in [0.5, 0.6) is 5.75 Å². The second kappa shape index (κ2) is 8.92. The topological polar surface area (TPSA) is 32.8 Å². The van der Waals surface area contributed by atoms with Gasteiger partial charge in [-0.25, -0.2) is 0 Å². The van der Waals surface area contributed by atoms with Gasteiger partial charge in [-0.05, 0) is 45.9 Å². The Kier molecular flexibility index (Phi) is 6.90. The van der Waals surface area contributed by atoms with Gasteiger partial charge in [0.15, 0.2) is 0 Å². The first-order chi connectivity index (χ1) is 11.1. The number of carbonyl (C=O) groups excluding carboxylic acids is 1. The first-order valence-corrected chi connectivity index (χ1v) is 8.76. The van der Waals surface area contributed by atoms with Gasteiger partial charge in [0.05, 0.1) is 6.04 Å². The van der Waals surface area contributed by atoms with Crippen molar-refractivity contribution in [2.24, 2.45) is 0 Å². The first kappa shape index (κ1) is 17.8. The molecule has 0 radical (unpaired) electrons. The van der Waals surface area contributed by atoms with E-state index in [0.717, 1.165) is 38.2 Å². The van der Waals surface area contributed by atoms with Gasteiger partial charge in [-0.1, -0.05) is 30.5 Å². The van der Waals surface area contributed by atoms with Crippen molar-refractivity contribution in [2.45, 2.75) is 45.6 Å². The van der Waals surface area contributed by atoms with Gasteiger partial charge in [-0.3, -0.25) is 9.69 Å². The molecule has 1 fully saturated rings. The number of hydrogen-bond acceptors (Lipinski definition) is 3. The Labute approximate surface area is 140 Å². The average molecular weight is 318 g/mol. The highest BCUT2D eigenvalue weighted by atomic mass is 16.5. The van der Waals surface area contributed by atoms with Crippen molar-refractivity contribution >= 4 is 5.91 Å². The summed E-state index contributed by atoms with van der Waals surface area (Å²) in [6.45, 7) is 7.23. The van der Waals surface area contributed by atoms with Crippen LogP contribution < -0.4 is 4.74 Å². The number of carbonyl (C=O) groups is 1. The van der Waals surface area contributed by atoms with Crippen molar-refractivity contribution in [1.29, 1.82) is 0 Å². The molecule has 4 heteroatoms. The zero-order valence-corrected chi connectivity index (χ0v) is 14.8. The van der Waals surface area contributed by atoms with Crippen LogP contribution in [0.2, 0.25) is 0 Å². The zero-order valence-electron chi connectivity index (χ0n) is 14.8. The minimum absolute atomic E-state index is 0.0882. The molecule has 1 heterocycles. The van der Waals surface area contributed by atoms with Gasteiger partial charge in [-0.15, -0.1) is 0 Å². The molecule has 1 aliphatic heterocycles. The number of benzene rings is 1. The second-order valence-electron chi connectivity index (χ2n) is 6.56. The van der Waals surface area contributed by atoms with Crippen LogP contribution in [0.25, 0.3) is 0 Å². The largest absolute Gasteiger partial charge is 0.492 e. The van der Waals surface area contributed by atoms with Crippen LogP contribution in [0.3, 0.4) is 0 Å². The van der Waals surface area contributed by atoms with Crippen molar-refractivity contribution in [3.8, 4) is 5.75 Å². The fourth-order valence-corrected chi connectivity index (χ4v) is 2.88. The lowest BCUT2D eigenvalue weighted by molar-refractivity contribution is -0.136. The van der Waals surface area contributed by atoms with Crippen LogP contribution in [0, 0.1) is 6.92 Å². The molecular weight excluding hydrogens is 288 g/mol. The van der Waals surface area contributed by atoms with E-state index in [9.17, 15) is 4.79 Å². The molecule has 4 nitrogen and oxygen atoms in total. The molecule has 2 rings (SSSR count). The van der Waals surface area contributed by atoms with E-state index in [1.165, 1.54) is 18.4 Å². The van der Waals surface area contributed by atoms with Crippen LogP contribution in [0.4, 0.5) is 0 Å². The van der Waals surface area contributed by atoms with E-state index in [1.807, 2.05) is 43.1 Å². The maximum Gasteiger partial charge on any atom is 0.239 e. The zero-order chi connectivity index (χ0) is 16.7. The van der Waals surface area contributed by atoms with E-state index < -0.39 is 0 Å². The Balaban J connectivity index is 1.76. The molecular formula is C19H30N2O2. The Morgan fingerprint density at radius 1 is 1.17 bits per heavy atom. The molecule has 0 spiro atoms. The molecule has 23 heavy (non-hydrogen) atoms. The third-order valence-corrected chi connectivity index (χ3v) is 4.67. The third kappa shape index (κ3) is 5.54. The fraction of sp³-hybridized carbons (Fsp3) is 0.632. The highest BCUT2D eigenvalue weighted by molar-refractivity contribution is 5.81. The van der Waals surface area contributed by atoms with E-state index in [2.05, 4.69) is 11.8 Å². The van der Waals surface area contributed by atoms with Crippen LogP contribution >= 0.6 is 0 Å². The number of rotatable bonds is 6. The summed E-state index contributed by atoms with van der Waals surface area (Å²) in [5.74, 6) is 1.14. The average Bonchev–Trinajstić information content (AvgIpc) is 2.84. The van der Waals surface area contributed by atoms with Gasteiger partial charge in [0.25, 0.3) is 0 Å². The smallest absolute Gasteiger partial charge is 0.239 e. The highest BCUT2D eigenvalue weighted by Gasteiger charge is 2.24. The number of amides is 1. The predicted octanol–water partition coefficient (Wildman–Crippen LogP) is 3.10. The lowest BCUT2D eigenvalue weighted by atomic mass is 10.2. The van der Waals surface area contributed by atoms with Crippen LogP contribution in [-0.4, -0.2) is 55.0 Å². The van der Waals surface area contributed by atoms with Crippen molar-refractivity contribution in [1.82, 2.24) is 9.80 Å². The molecule has 1 atom stereocenters. The number of ether oxygens (including phenoxy) is 1. The summed E-state index contributed by atoms with van der Waals surface area (Å²) in [6.07, 6.45) is 4.77. The number of likely N-dealkylation sites (tertiary alicyclic amines) is 1. The van der Waals surface area contributed by atoms with Crippen molar-refractivity contribution in [3.05, 3.63) is 29.8 Å². The molecule has 0 bridgehead atoms. The van der Waals surface area contributed by atoms with Gasteiger partial charge < -0.3 is 9.64 Å². The Morgan fingerprint density at radius 2 is 1.78 bits per heavy atom. The second-order valence-corrected chi connectivity index (χ2v) is 6.56. The van der Waals surface area contributed by atoms with Gasteiger partial charge in [0.2, 0.25) is 5.91 Å². The van der Waals surface area contributed by atoms with Gasteiger partial charge in [0, 0.05) is 19.6 Å². The molecule has 1 saturated heterocycles. The molecule has 1 aromatic rings. The van der Waals surface area contributed by atoms with Crippen molar-refractivity contribution in [3.63, 3.8) is 0 Å². The maximum absolute atomic E-state index is 12.6. The van der Waals surface area contributed by atoms with Gasteiger partial charge in [0.1, 0.15) is 12.4 Å². The Bertz CT molecular complexity index is 479. The molecule has 1 unspecified atom stereocenters. The summed E-state index contributed by atoms with van der Waals surface area (Å²) in [7, 11) is 2.00. The molecule has 1 amide bonds. The number of aryl methyl sites for hydroxylation is 1. The van der Waals surface area contributed by atoms with E-state index in [-0.39, 0.29) is 11.9 Å². The van der Waals surface area contributed by atoms with Crippen LogP contribution in [-0.2, 0) is 4.79 Å².